The van der Waals surface area contributed by atoms with Crippen molar-refractivity contribution in [1.29, 1.82) is 5.26 Å². The van der Waals surface area contributed by atoms with E-state index in [1.807, 2.05) is 6.07 Å². The Hall–Kier alpha value is -0.220. The van der Waals surface area contributed by atoms with Gasteiger partial charge in [-0.25, -0.2) is 0 Å². The van der Waals surface area contributed by atoms with E-state index >= 15 is 0 Å². The minimum atomic E-state index is 0.00617. The van der Waals surface area contributed by atoms with Crippen LogP contribution in [0.1, 0.15) is 6.92 Å². The van der Waals surface area contributed by atoms with Gasteiger partial charge in [0.2, 0.25) is 0 Å². The molecule has 0 amide bonds. The number of nitrogens with zero attached hydrogens (tertiary/aromatic N) is 1. The van der Waals surface area contributed by atoms with Crippen molar-refractivity contribution in [3.63, 3.8) is 0 Å². The number of alkyl halides is 1. The fraction of sp³-hybridized carbons (Fsp3) is 0.750. The summed E-state index contributed by atoms with van der Waals surface area (Å²) in [5, 5.41) is 8.00. The van der Waals surface area contributed by atoms with E-state index in [0.717, 1.165) is 0 Å². The summed E-state index contributed by atoms with van der Waals surface area (Å²) in [7, 11) is 0. The van der Waals surface area contributed by atoms with Gasteiger partial charge in [0.05, 0.1) is 12.0 Å². The molecule has 0 aromatic carbocycles. The minimum absolute atomic E-state index is 0.00617. The van der Waals surface area contributed by atoms with Crippen molar-refractivity contribution in [1.82, 2.24) is 0 Å². The quantitative estimate of drug-likeness (QED) is 0.460. The zero-order valence-electron chi connectivity index (χ0n) is 3.61. The Morgan fingerprint density at radius 3 is 2.50 bits per heavy atom. The lowest BCUT2D eigenvalue weighted by Crippen LogP contribution is -1.87. The van der Waals surface area contributed by atoms with Crippen LogP contribution >= 0.6 is 11.6 Å². The molecule has 34 valence electrons. The van der Waals surface area contributed by atoms with Crippen LogP contribution in [0.4, 0.5) is 0 Å². The van der Waals surface area contributed by atoms with Crippen LogP contribution in [-0.2, 0) is 0 Å². The van der Waals surface area contributed by atoms with Crippen LogP contribution in [0, 0.1) is 17.2 Å². The molecule has 0 saturated heterocycles. The molecule has 0 saturated carbocycles. The number of hydrogen-bond donors (Lipinski definition) is 0. The van der Waals surface area contributed by atoms with Crippen LogP contribution in [0.5, 0.6) is 0 Å². The maximum Gasteiger partial charge on any atom is 0.0665 e. The van der Waals surface area contributed by atoms with Crippen molar-refractivity contribution < 1.29 is 0 Å². The molecule has 0 radical (unpaired) electrons. The summed E-state index contributed by atoms with van der Waals surface area (Å²) in [6, 6.07) is 1.98. The zero-order chi connectivity index (χ0) is 4.99. The third kappa shape index (κ3) is 2.04. The number of halogens is 1. The van der Waals surface area contributed by atoms with Gasteiger partial charge in [-0.05, 0) is 6.92 Å². The van der Waals surface area contributed by atoms with Crippen LogP contribution in [0.25, 0.3) is 0 Å². The summed E-state index contributed by atoms with van der Waals surface area (Å²) < 4.78 is 0. The molecule has 1 nitrogen and oxygen atoms in total. The highest BCUT2D eigenvalue weighted by atomic mass is 35.5. The van der Waals surface area contributed by atoms with E-state index < -0.39 is 0 Å². The maximum atomic E-state index is 8.00. The maximum absolute atomic E-state index is 8.00. The van der Waals surface area contributed by atoms with Crippen molar-refractivity contribution in [2.24, 2.45) is 5.92 Å². The molecule has 0 aliphatic rings. The third-order valence-corrected chi connectivity index (χ3v) is 0.915. The van der Waals surface area contributed by atoms with Crippen LogP contribution in [0.3, 0.4) is 0 Å². The van der Waals surface area contributed by atoms with E-state index in [1.54, 1.807) is 6.92 Å². The van der Waals surface area contributed by atoms with Gasteiger partial charge >= 0.3 is 0 Å². The predicted octanol–water partition coefficient (Wildman–Crippen LogP) is 1.38. The van der Waals surface area contributed by atoms with Crippen molar-refractivity contribution in [2.45, 2.75) is 6.92 Å². The van der Waals surface area contributed by atoms with Gasteiger partial charge in [0.1, 0.15) is 0 Å². The molecule has 0 aromatic rings. The van der Waals surface area contributed by atoms with E-state index in [9.17, 15) is 0 Å². The van der Waals surface area contributed by atoms with Gasteiger partial charge in [-0.1, -0.05) is 0 Å². The summed E-state index contributed by atoms with van der Waals surface area (Å²) in [6.07, 6.45) is 0. The molecule has 0 unspecified atom stereocenters. The van der Waals surface area contributed by atoms with Crippen molar-refractivity contribution >= 4 is 11.6 Å². The van der Waals surface area contributed by atoms with E-state index in [0.29, 0.717) is 5.88 Å². The summed E-state index contributed by atoms with van der Waals surface area (Å²) in [4.78, 5) is 0. The van der Waals surface area contributed by atoms with Crippen molar-refractivity contribution in [3.05, 3.63) is 0 Å². The highest BCUT2D eigenvalue weighted by Crippen LogP contribution is 1.91. The average Bonchev–Trinajstić information content (AvgIpc) is 1.65. The number of rotatable bonds is 1. The fourth-order valence-electron chi connectivity index (χ4n) is 0.0345. The molecule has 6 heavy (non-hydrogen) atoms. The first-order valence-electron chi connectivity index (χ1n) is 1.77. The van der Waals surface area contributed by atoms with E-state index in [4.69, 9.17) is 16.9 Å². The second-order valence-electron chi connectivity index (χ2n) is 1.18. The second-order valence-corrected chi connectivity index (χ2v) is 1.49. The average molecular weight is 104 g/mol. The van der Waals surface area contributed by atoms with Crippen LogP contribution < -0.4 is 0 Å². The summed E-state index contributed by atoms with van der Waals surface area (Å²) in [5.41, 5.74) is 0. The lowest BCUT2D eigenvalue weighted by Gasteiger charge is -1.85. The normalized spacial score (nSPS) is 12.8. The van der Waals surface area contributed by atoms with Gasteiger partial charge in [0.25, 0.3) is 0 Å². The molecular formula is C4H6ClN. The Bertz CT molecular complexity index is 64.4. The second kappa shape index (κ2) is 2.99. The van der Waals surface area contributed by atoms with Crippen LogP contribution in [0.2, 0.25) is 0 Å². The lowest BCUT2D eigenvalue weighted by atomic mass is 10.3. The summed E-state index contributed by atoms with van der Waals surface area (Å²) in [5.74, 6) is 0.447. The molecule has 0 N–H and O–H groups in total. The Morgan fingerprint density at radius 1 is 2.00 bits per heavy atom. The first kappa shape index (κ1) is 5.78. The standard InChI is InChI=1S/C4H6ClN/c1-4(2-5)3-6/h4H,2H2,1H3/t4-/m0/s1. The predicted molar refractivity (Wildman–Crippen MR) is 25.5 cm³/mol. The van der Waals surface area contributed by atoms with Gasteiger partial charge in [-0.15, -0.1) is 11.6 Å². The van der Waals surface area contributed by atoms with Gasteiger partial charge in [-0.3, -0.25) is 0 Å². The van der Waals surface area contributed by atoms with Gasteiger partial charge in [-0.2, -0.15) is 5.26 Å². The summed E-state index contributed by atoms with van der Waals surface area (Å²) in [6.45, 7) is 1.78. The summed E-state index contributed by atoms with van der Waals surface area (Å²) >= 11 is 5.23. The third-order valence-electron chi connectivity index (χ3n) is 0.452. The molecule has 0 aliphatic heterocycles. The number of hydrogen-bond acceptors (Lipinski definition) is 1. The molecular weight excluding hydrogens is 97.5 g/mol. The molecule has 0 bridgehead atoms. The van der Waals surface area contributed by atoms with Crippen LogP contribution in [0.15, 0.2) is 0 Å². The van der Waals surface area contributed by atoms with E-state index in [1.165, 1.54) is 0 Å². The zero-order valence-corrected chi connectivity index (χ0v) is 4.37. The largest absolute Gasteiger partial charge is 0.198 e. The monoisotopic (exact) mass is 103 g/mol. The number of nitriles is 1. The first-order valence-corrected chi connectivity index (χ1v) is 2.30. The Kier molecular flexibility index (Phi) is 2.88. The Labute approximate surface area is 42.5 Å². The van der Waals surface area contributed by atoms with E-state index in [2.05, 4.69) is 0 Å². The molecule has 2 heteroatoms. The molecule has 0 heterocycles. The molecule has 0 rings (SSSR count). The van der Waals surface area contributed by atoms with Gasteiger partial charge in [0.15, 0.2) is 0 Å². The Balaban J connectivity index is 3.04. The highest BCUT2D eigenvalue weighted by Gasteiger charge is 1.90. The lowest BCUT2D eigenvalue weighted by molar-refractivity contribution is 0.858. The van der Waals surface area contributed by atoms with Crippen molar-refractivity contribution in [2.75, 3.05) is 5.88 Å². The molecule has 0 spiro atoms. The van der Waals surface area contributed by atoms with E-state index in [-0.39, 0.29) is 5.92 Å². The van der Waals surface area contributed by atoms with Gasteiger partial charge < -0.3 is 0 Å². The minimum Gasteiger partial charge on any atom is -0.198 e. The molecule has 0 fully saturated rings. The Morgan fingerprint density at radius 2 is 2.50 bits per heavy atom. The molecule has 0 aliphatic carbocycles. The first-order chi connectivity index (χ1) is 2.81. The highest BCUT2D eigenvalue weighted by molar-refractivity contribution is 6.18. The fourth-order valence-corrected chi connectivity index (χ4v) is 0.104. The molecule has 1 atom stereocenters. The van der Waals surface area contributed by atoms with Crippen LogP contribution in [-0.4, -0.2) is 5.88 Å². The SMILES string of the molecule is C[C@H](C#N)CCl. The molecule has 0 aromatic heterocycles. The van der Waals surface area contributed by atoms with Gasteiger partial charge in [0, 0.05) is 5.88 Å². The topological polar surface area (TPSA) is 23.8 Å². The van der Waals surface area contributed by atoms with Crippen molar-refractivity contribution in [3.8, 4) is 6.07 Å². The smallest absolute Gasteiger partial charge is 0.0665 e.